The highest BCUT2D eigenvalue weighted by Gasteiger charge is 2.52. The first-order valence-electron chi connectivity index (χ1n) is 9.47. The SMILES string of the molecule is O=C1CCCN1CC[C@H]1CCOC12CN(CC1CCOCC1)C2. The summed E-state index contributed by atoms with van der Waals surface area (Å²) in [5, 5.41) is 0. The van der Waals surface area contributed by atoms with Crippen molar-refractivity contribution in [2.45, 2.75) is 44.1 Å². The minimum absolute atomic E-state index is 0.105. The lowest BCUT2D eigenvalue weighted by molar-refractivity contribution is -0.142. The van der Waals surface area contributed by atoms with Gasteiger partial charge >= 0.3 is 0 Å². The molecule has 1 spiro atoms. The van der Waals surface area contributed by atoms with Crippen molar-refractivity contribution in [2.24, 2.45) is 11.8 Å². The van der Waals surface area contributed by atoms with Crippen LogP contribution in [0.2, 0.25) is 0 Å². The van der Waals surface area contributed by atoms with Gasteiger partial charge in [-0.2, -0.15) is 0 Å². The predicted octanol–water partition coefficient (Wildman–Crippen LogP) is 1.52. The van der Waals surface area contributed by atoms with Crippen LogP contribution in [0.25, 0.3) is 0 Å². The Bertz CT molecular complexity index is 430. The van der Waals surface area contributed by atoms with Crippen LogP contribution in [0.3, 0.4) is 0 Å². The predicted molar refractivity (Wildman–Crippen MR) is 87.2 cm³/mol. The van der Waals surface area contributed by atoms with E-state index in [9.17, 15) is 4.79 Å². The third-order valence-electron chi connectivity index (χ3n) is 6.36. The molecule has 0 aromatic heterocycles. The second-order valence-corrected chi connectivity index (χ2v) is 7.90. The highest BCUT2D eigenvalue weighted by molar-refractivity contribution is 5.77. The number of ether oxygens (including phenoxy) is 2. The van der Waals surface area contributed by atoms with Crippen LogP contribution in [0.15, 0.2) is 0 Å². The van der Waals surface area contributed by atoms with Gasteiger partial charge in [-0.3, -0.25) is 9.69 Å². The Kier molecular flexibility index (Phi) is 4.61. The summed E-state index contributed by atoms with van der Waals surface area (Å²) < 4.78 is 11.6. The summed E-state index contributed by atoms with van der Waals surface area (Å²) in [4.78, 5) is 16.4. The van der Waals surface area contributed by atoms with Gasteiger partial charge in [0.15, 0.2) is 0 Å². The van der Waals surface area contributed by atoms with Gasteiger partial charge in [0.25, 0.3) is 0 Å². The van der Waals surface area contributed by atoms with E-state index in [2.05, 4.69) is 9.80 Å². The van der Waals surface area contributed by atoms with E-state index in [4.69, 9.17) is 9.47 Å². The van der Waals surface area contributed by atoms with Crippen LogP contribution < -0.4 is 0 Å². The molecule has 1 amide bonds. The number of carbonyl (C=O) groups is 1. The highest BCUT2D eigenvalue weighted by Crippen LogP contribution is 2.42. The van der Waals surface area contributed by atoms with Crippen molar-refractivity contribution in [3.63, 3.8) is 0 Å². The highest BCUT2D eigenvalue weighted by atomic mass is 16.5. The molecular formula is C18H30N2O3. The molecule has 0 bridgehead atoms. The van der Waals surface area contributed by atoms with Crippen LogP contribution in [-0.4, -0.2) is 73.9 Å². The maximum absolute atomic E-state index is 11.8. The van der Waals surface area contributed by atoms with Crippen LogP contribution in [-0.2, 0) is 14.3 Å². The molecule has 4 heterocycles. The minimum atomic E-state index is 0.105. The topological polar surface area (TPSA) is 42.0 Å². The molecule has 0 aromatic rings. The van der Waals surface area contributed by atoms with Crippen molar-refractivity contribution in [1.29, 1.82) is 0 Å². The van der Waals surface area contributed by atoms with E-state index in [0.717, 1.165) is 71.2 Å². The normalized spacial score (nSPS) is 31.9. The third-order valence-corrected chi connectivity index (χ3v) is 6.36. The van der Waals surface area contributed by atoms with Crippen molar-refractivity contribution in [3.8, 4) is 0 Å². The fourth-order valence-corrected chi connectivity index (χ4v) is 4.93. The molecule has 4 aliphatic heterocycles. The molecule has 4 aliphatic rings. The van der Waals surface area contributed by atoms with E-state index >= 15 is 0 Å². The van der Waals surface area contributed by atoms with Gasteiger partial charge in [0.1, 0.15) is 0 Å². The van der Waals surface area contributed by atoms with Crippen LogP contribution in [0.1, 0.15) is 38.5 Å². The number of carbonyl (C=O) groups excluding carboxylic acids is 1. The molecule has 23 heavy (non-hydrogen) atoms. The summed E-state index contributed by atoms with van der Waals surface area (Å²) in [6.45, 7) is 8.10. The number of likely N-dealkylation sites (tertiary alicyclic amines) is 2. The Morgan fingerprint density at radius 3 is 2.70 bits per heavy atom. The van der Waals surface area contributed by atoms with Crippen LogP contribution in [0.5, 0.6) is 0 Å². The molecule has 0 N–H and O–H groups in total. The number of hydrogen-bond donors (Lipinski definition) is 0. The molecule has 4 rings (SSSR count). The van der Waals surface area contributed by atoms with Gasteiger partial charge in [-0.25, -0.2) is 0 Å². The molecule has 130 valence electrons. The summed E-state index contributed by atoms with van der Waals surface area (Å²) in [5.74, 6) is 1.80. The average molecular weight is 322 g/mol. The molecular weight excluding hydrogens is 292 g/mol. The zero-order valence-electron chi connectivity index (χ0n) is 14.2. The van der Waals surface area contributed by atoms with Gasteiger partial charge in [-0.1, -0.05) is 0 Å². The molecule has 5 heteroatoms. The summed E-state index contributed by atoms with van der Waals surface area (Å²) in [7, 11) is 0. The molecule has 4 fully saturated rings. The average Bonchev–Trinajstić information content (AvgIpc) is 3.12. The molecule has 0 aromatic carbocycles. The van der Waals surface area contributed by atoms with Gasteiger partial charge in [0.2, 0.25) is 5.91 Å². The monoisotopic (exact) mass is 322 g/mol. The Morgan fingerprint density at radius 2 is 1.96 bits per heavy atom. The lowest BCUT2D eigenvalue weighted by Gasteiger charge is -2.51. The maximum Gasteiger partial charge on any atom is 0.222 e. The van der Waals surface area contributed by atoms with E-state index < -0.39 is 0 Å². The van der Waals surface area contributed by atoms with Crippen molar-refractivity contribution in [1.82, 2.24) is 9.80 Å². The Morgan fingerprint density at radius 1 is 1.13 bits per heavy atom. The van der Waals surface area contributed by atoms with Crippen LogP contribution >= 0.6 is 0 Å². The number of hydrogen-bond acceptors (Lipinski definition) is 4. The fraction of sp³-hybridized carbons (Fsp3) is 0.944. The third kappa shape index (κ3) is 3.28. The second-order valence-electron chi connectivity index (χ2n) is 7.90. The molecule has 1 atom stereocenters. The Hall–Kier alpha value is -0.650. The van der Waals surface area contributed by atoms with E-state index in [1.165, 1.54) is 25.8 Å². The van der Waals surface area contributed by atoms with Crippen molar-refractivity contribution < 1.29 is 14.3 Å². The largest absolute Gasteiger partial charge is 0.381 e. The van der Waals surface area contributed by atoms with Crippen molar-refractivity contribution in [2.75, 3.05) is 52.5 Å². The lowest BCUT2D eigenvalue weighted by Crippen LogP contribution is -2.65. The number of amides is 1. The number of rotatable bonds is 5. The smallest absolute Gasteiger partial charge is 0.222 e. The first-order chi connectivity index (χ1) is 11.3. The fourth-order valence-electron chi connectivity index (χ4n) is 4.93. The Balaban J connectivity index is 1.24. The van der Waals surface area contributed by atoms with E-state index in [1.54, 1.807) is 0 Å². The number of nitrogens with zero attached hydrogens (tertiary/aromatic N) is 2. The molecule has 0 unspecified atom stereocenters. The first kappa shape index (κ1) is 15.9. The Labute approximate surface area is 139 Å². The van der Waals surface area contributed by atoms with E-state index in [-0.39, 0.29) is 5.60 Å². The van der Waals surface area contributed by atoms with E-state index in [0.29, 0.717) is 11.8 Å². The molecule has 4 saturated heterocycles. The van der Waals surface area contributed by atoms with Gasteiger partial charge in [0.05, 0.1) is 5.60 Å². The van der Waals surface area contributed by atoms with Crippen molar-refractivity contribution >= 4 is 5.91 Å². The van der Waals surface area contributed by atoms with Gasteiger partial charge in [-0.15, -0.1) is 0 Å². The quantitative estimate of drug-likeness (QED) is 0.769. The maximum atomic E-state index is 11.8. The first-order valence-corrected chi connectivity index (χ1v) is 9.47. The van der Waals surface area contributed by atoms with Gasteiger partial charge < -0.3 is 14.4 Å². The minimum Gasteiger partial charge on any atom is -0.381 e. The lowest BCUT2D eigenvalue weighted by atomic mass is 9.78. The molecule has 5 nitrogen and oxygen atoms in total. The zero-order valence-corrected chi connectivity index (χ0v) is 14.2. The zero-order chi connectivity index (χ0) is 15.7. The summed E-state index contributed by atoms with van der Waals surface area (Å²) >= 11 is 0. The standard InChI is InChI=1S/C18H30N2O3/c21-17-2-1-7-20(17)8-3-16-6-11-23-18(16)13-19(14-18)12-15-4-9-22-10-5-15/h15-16H,1-14H2/t16-/m0/s1. The van der Waals surface area contributed by atoms with Gasteiger partial charge in [-0.05, 0) is 43.9 Å². The molecule has 0 aliphatic carbocycles. The van der Waals surface area contributed by atoms with Crippen LogP contribution in [0.4, 0.5) is 0 Å². The van der Waals surface area contributed by atoms with Crippen molar-refractivity contribution in [3.05, 3.63) is 0 Å². The summed E-state index contributed by atoms with van der Waals surface area (Å²) in [5.41, 5.74) is 0.105. The van der Waals surface area contributed by atoms with E-state index in [1.807, 2.05) is 0 Å². The molecule has 0 radical (unpaired) electrons. The van der Waals surface area contributed by atoms with Crippen LogP contribution in [0, 0.1) is 11.8 Å². The second kappa shape index (κ2) is 6.69. The summed E-state index contributed by atoms with van der Waals surface area (Å²) in [6.07, 6.45) is 6.52. The van der Waals surface area contributed by atoms with Gasteiger partial charge in [0, 0.05) is 59.0 Å². The summed E-state index contributed by atoms with van der Waals surface area (Å²) in [6, 6.07) is 0. The molecule has 0 saturated carbocycles.